The summed E-state index contributed by atoms with van der Waals surface area (Å²) in [7, 11) is 0. The molecule has 2 aromatic carbocycles. The highest BCUT2D eigenvalue weighted by Gasteiger charge is 2.45. The largest absolute Gasteiger partial charge is 0.486 e. The fraction of sp³-hybridized carbons (Fsp3) is 0.409. The zero-order valence-corrected chi connectivity index (χ0v) is 17.3. The zero-order chi connectivity index (χ0) is 20.8. The predicted molar refractivity (Wildman–Crippen MR) is 105 cm³/mol. The molecule has 4 rings (SSSR count). The first kappa shape index (κ1) is 20.3. The molecule has 7 heteroatoms. The Morgan fingerprint density at radius 3 is 2.55 bits per heavy atom. The number of carbonyl (C=O) groups excluding carboxylic acids is 1. The van der Waals surface area contributed by atoms with Crippen LogP contribution in [0.5, 0.6) is 5.75 Å². The van der Waals surface area contributed by atoms with Gasteiger partial charge >= 0.3 is 12.1 Å². The minimum atomic E-state index is -4.38. The third kappa shape index (κ3) is 4.02. The molecule has 0 radical (unpaired) electrons. The van der Waals surface area contributed by atoms with E-state index in [-0.39, 0.29) is 28.4 Å². The summed E-state index contributed by atoms with van der Waals surface area (Å²) in [5.41, 5.74) is 1.87. The number of halogens is 4. The SMILES string of the molecule is CCOC(=O)C1CC1c1ccc(OC2CCc3c2ccc(C(F)(F)F)c3Br)cc1. The predicted octanol–water partition coefficient (Wildman–Crippen LogP) is 6.20. The van der Waals surface area contributed by atoms with Crippen molar-refractivity contribution in [3.63, 3.8) is 0 Å². The van der Waals surface area contributed by atoms with Gasteiger partial charge in [0, 0.05) is 4.47 Å². The van der Waals surface area contributed by atoms with Crippen molar-refractivity contribution in [1.29, 1.82) is 0 Å². The van der Waals surface area contributed by atoms with Crippen molar-refractivity contribution in [1.82, 2.24) is 0 Å². The van der Waals surface area contributed by atoms with Crippen LogP contribution in [0.1, 0.15) is 54.0 Å². The molecular weight excluding hydrogens is 449 g/mol. The first-order chi connectivity index (χ1) is 13.8. The van der Waals surface area contributed by atoms with Crippen LogP contribution in [0.15, 0.2) is 40.9 Å². The molecule has 0 amide bonds. The van der Waals surface area contributed by atoms with E-state index in [1.807, 2.05) is 24.3 Å². The zero-order valence-electron chi connectivity index (χ0n) is 15.8. The van der Waals surface area contributed by atoms with E-state index in [0.717, 1.165) is 23.6 Å². The van der Waals surface area contributed by atoms with Crippen LogP contribution >= 0.6 is 15.9 Å². The van der Waals surface area contributed by atoms with Gasteiger partial charge in [-0.15, -0.1) is 0 Å². The highest BCUT2D eigenvalue weighted by molar-refractivity contribution is 9.10. The number of alkyl halides is 3. The fourth-order valence-electron chi connectivity index (χ4n) is 4.00. The van der Waals surface area contributed by atoms with E-state index in [2.05, 4.69) is 15.9 Å². The smallest absolute Gasteiger partial charge is 0.417 e. The molecule has 2 aliphatic carbocycles. The molecule has 0 saturated heterocycles. The Morgan fingerprint density at radius 2 is 1.90 bits per heavy atom. The Labute approximate surface area is 175 Å². The molecule has 154 valence electrons. The second kappa shape index (κ2) is 7.67. The molecule has 29 heavy (non-hydrogen) atoms. The summed E-state index contributed by atoms with van der Waals surface area (Å²) >= 11 is 3.13. The third-order valence-corrected chi connectivity index (χ3v) is 6.46. The van der Waals surface area contributed by atoms with Crippen molar-refractivity contribution >= 4 is 21.9 Å². The van der Waals surface area contributed by atoms with Crippen LogP contribution in [0.25, 0.3) is 0 Å². The number of benzene rings is 2. The summed E-state index contributed by atoms with van der Waals surface area (Å²) in [5, 5.41) is 0. The lowest BCUT2D eigenvalue weighted by Gasteiger charge is -2.17. The van der Waals surface area contributed by atoms with Crippen LogP contribution in [-0.2, 0) is 22.1 Å². The van der Waals surface area contributed by atoms with E-state index >= 15 is 0 Å². The molecule has 2 aliphatic rings. The maximum atomic E-state index is 13.1. The molecule has 1 saturated carbocycles. The molecule has 3 nitrogen and oxygen atoms in total. The molecule has 0 aromatic heterocycles. The van der Waals surface area contributed by atoms with Crippen molar-refractivity contribution in [2.24, 2.45) is 5.92 Å². The van der Waals surface area contributed by atoms with E-state index in [1.165, 1.54) is 6.07 Å². The van der Waals surface area contributed by atoms with E-state index in [4.69, 9.17) is 9.47 Å². The molecule has 0 heterocycles. The summed E-state index contributed by atoms with van der Waals surface area (Å²) in [5.74, 6) is 0.635. The average Bonchev–Trinajstić information content (AvgIpc) is 3.37. The highest BCUT2D eigenvalue weighted by atomic mass is 79.9. The number of hydrogen-bond donors (Lipinski definition) is 0. The van der Waals surface area contributed by atoms with E-state index in [9.17, 15) is 18.0 Å². The molecular formula is C22H20BrF3O3. The van der Waals surface area contributed by atoms with Crippen molar-refractivity contribution < 1.29 is 27.4 Å². The van der Waals surface area contributed by atoms with Gasteiger partial charge in [0.2, 0.25) is 0 Å². The molecule has 1 fully saturated rings. The first-order valence-corrected chi connectivity index (χ1v) is 10.4. The number of rotatable bonds is 5. The van der Waals surface area contributed by atoms with Gasteiger partial charge in [0.1, 0.15) is 11.9 Å². The van der Waals surface area contributed by atoms with Crippen LogP contribution in [-0.4, -0.2) is 12.6 Å². The molecule has 3 atom stereocenters. The summed E-state index contributed by atoms with van der Waals surface area (Å²) in [6.45, 7) is 2.18. The summed E-state index contributed by atoms with van der Waals surface area (Å²) in [4.78, 5) is 11.8. The van der Waals surface area contributed by atoms with Gasteiger partial charge in [-0.2, -0.15) is 13.2 Å². The maximum absolute atomic E-state index is 13.1. The van der Waals surface area contributed by atoms with Crippen molar-refractivity contribution in [3.05, 3.63) is 63.1 Å². The minimum Gasteiger partial charge on any atom is -0.486 e. The molecule has 0 aliphatic heterocycles. The van der Waals surface area contributed by atoms with Gasteiger partial charge in [-0.3, -0.25) is 4.79 Å². The summed E-state index contributed by atoms with van der Waals surface area (Å²) in [6.07, 6.45) is -2.70. The molecule has 3 unspecified atom stereocenters. The van der Waals surface area contributed by atoms with E-state index < -0.39 is 11.7 Å². The van der Waals surface area contributed by atoms with Gasteiger partial charge in [-0.1, -0.05) is 18.2 Å². The topological polar surface area (TPSA) is 35.5 Å². The second-order valence-electron chi connectivity index (χ2n) is 7.41. The van der Waals surface area contributed by atoms with Crippen molar-refractivity contribution in [3.8, 4) is 5.75 Å². The van der Waals surface area contributed by atoms with Crippen LogP contribution in [0.3, 0.4) is 0 Å². The first-order valence-electron chi connectivity index (χ1n) is 9.61. The summed E-state index contributed by atoms with van der Waals surface area (Å²) < 4.78 is 50.5. The quantitative estimate of drug-likeness (QED) is 0.490. The van der Waals surface area contributed by atoms with Gasteiger partial charge in [-0.05, 0) is 82.9 Å². The van der Waals surface area contributed by atoms with Crippen LogP contribution in [0.4, 0.5) is 13.2 Å². The molecule has 0 N–H and O–H groups in total. The van der Waals surface area contributed by atoms with Gasteiger partial charge in [-0.25, -0.2) is 0 Å². The van der Waals surface area contributed by atoms with Crippen LogP contribution < -0.4 is 4.74 Å². The second-order valence-corrected chi connectivity index (χ2v) is 8.20. The highest BCUT2D eigenvalue weighted by Crippen LogP contribution is 2.49. The monoisotopic (exact) mass is 468 g/mol. The van der Waals surface area contributed by atoms with E-state index in [0.29, 0.717) is 30.8 Å². The Kier molecular flexibility index (Phi) is 5.36. The number of fused-ring (bicyclic) bond motifs is 1. The molecule has 0 spiro atoms. The van der Waals surface area contributed by atoms with Gasteiger partial charge in [0.15, 0.2) is 0 Å². The average molecular weight is 469 g/mol. The lowest BCUT2D eigenvalue weighted by Crippen LogP contribution is -2.09. The lowest BCUT2D eigenvalue weighted by atomic mass is 10.1. The van der Waals surface area contributed by atoms with E-state index in [1.54, 1.807) is 6.92 Å². The molecule has 0 bridgehead atoms. The summed E-state index contributed by atoms with van der Waals surface area (Å²) in [6, 6.07) is 10.2. The van der Waals surface area contributed by atoms with Gasteiger partial charge in [0.25, 0.3) is 0 Å². The minimum absolute atomic E-state index is 0.0661. The third-order valence-electron chi connectivity index (χ3n) is 5.55. The van der Waals surface area contributed by atoms with Gasteiger partial charge in [0.05, 0.1) is 18.1 Å². The standard InChI is InChI=1S/C22H20BrF3O3/c1-2-28-21(27)17-11-16(17)12-3-5-13(6-4-12)29-19-10-8-15-14(19)7-9-18(20(15)23)22(24,25)26/h3-7,9,16-17,19H,2,8,10-11H2,1H3. The Morgan fingerprint density at radius 1 is 1.17 bits per heavy atom. The lowest BCUT2D eigenvalue weighted by molar-refractivity contribution is -0.144. The fourth-order valence-corrected chi connectivity index (χ4v) is 4.78. The van der Waals surface area contributed by atoms with Crippen LogP contribution in [0.2, 0.25) is 0 Å². The van der Waals surface area contributed by atoms with Gasteiger partial charge < -0.3 is 9.47 Å². The van der Waals surface area contributed by atoms with Crippen molar-refractivity contribution in [2.45, 2.75) is 44.4 Å². The number of esters is 1. The van der Waals surface area contributed by atoms with Crippen LogP contribution in [0, 0.1) is 5.92 Å². The normalized spacial score (nSPS) is 22.9. The number of ether oxygens (including phenoxy) is 2. The van der Waals surface area contributed by atoms with Crippen molar-refractivity contribution in [2.75, 3.05) is 6.61 Å². The number of hydrogen-bond acceptors (Lipinski definition) is 3. The maximum Gasteiger partial charge on any atom is 0.417 e. The molecule has 2 aromatic rings. The number of carbonyl (C=O) groups is 1. The Balaban J connectivity index is 1.44. The Hall–Kier alpha value is -2.02. The Bertz CT molecular complexity index is 924.